The van der Waals surface area contributed by atoms with E-state index in [2.05, 4.69) is 15.4 Å². The second kappa shape index (κ2) is 9.00. The molecule has 8 nitrogen and oxygen atoms in total. The van der Waals surface area contributed by atoms with Crippen molar-refractivity contribution in [3.63, 3.8) is 0 Å². The van der Waals surface area contributed by atoms with Gasteiger partial charge in [-0.15, -0.1) is 10.2 Å². The summed E-state index contributed by atoms with van der Waals surface area (Å²) in [6, 6.07) is 18.8. The Morgan fingerprint density at radius 3 is 2.47 bits per heavy atom. The van der Waals surface area contributed by atoms with Gasteiger partial charge >= 0.3 is 0 Å². The van der Waals surface area contributed by atoms with Crippen LogP contribution in [-0.4, -0.2) is 29.3 Å². The van der Waals surface area contributed by atoms with Gasteiger partial charge in [-0.05, 0) is 38.1 Å². The van der Waals surface area contributed by atoms with Crippen LogP contribution in [0.3, 0.4) is 0 Å². The molecule has 0 unspecified atom stereocenters. The summed E-state index contributed by atoms with van der Waals surface area (Å²) in [5.74, 6) is 1.74. The summed E-state index contributed by atoms with van der Waals surface area (Å²) in [7, 11) is 1.86. The summed E-state index contributed by atoms with van der Waals surface area (Å²) >= 11 is 7.94. The van der Waals surface area contributed by atoms with Gasteiger partial charge in [0.1, 0.15) is 11.4 Å². The Hall–Kier alpha value is -3.56. The molecule has 34 heavy (non-hydrogen) atoms. The lowest BCUT2D eigenvalue weighted by Gasteiger charge is -2.10. The Labute approximate surface area is 204 Å². The topological polar surface area (TPSA) is 83.7 Å². The van der Waals surface area contributed by atoms with Gasteiger partial charge in [0, 0.05) is 24.4 Å². The van der Waals surface area contributed by atoms with Gasteiger partial charge < -0.3 is 4.52 Å². The maximum atomic E-state index is 13.8. The second-order valence-corrected chi connectivity index (χ2v) is 9.10. The van der Waals surface area contributed by atoms with Crippen molar-refractivity contribution in [2.75, 3.05) is 0 Å². The summed E-state index contributed by atoms with van der Waals surface area (Å²) in [5.41, 5.74) is 3.28. The van der Waals surface area contributed by atoms with E-state index < -0.39 is 0 Å². The van der Waals surface area contributed by atoms with Crippen LogP contribution in [0.2, 0.25) is 5.02 Å². The molecule has 0 radical (unpaired) electrons. The molecule has 0 saturated carbocycles. The van der Waals surface area contributed by atoms with E-state index >= 15 is 0 Å². The summed E-state index contributed by atoms with van der Waals surface area (Å²) in [4.78, 5) is 13.8. The van der Waals surface area contributed by atoms with E-state index in [4.69, 9.17) is 16.1 Å². The quantitative estimate of drug-likeness (QED) is 0.311. The molecule has 0 aliphatic heterocycles. The van der Waals surface area contributed by atoms with Crippen LogP contribution < -0.4 is 5.56 Å². The first-order valence-electron chi connectivity index (χ1n) is 10.6. The number of hydrogen-bond acceptors (Lipinski definition) is 6. The molecule has 0 atom stereocenters. The van der Waals surface area contributed by atoms with Crippen molar-refractivity contribution in [1.82, 2.24) is 29.3 Å². The minimum absolute atomic E-state index is 0.182. The zero-order chi connectivity index (χ0) is 23.8. The molecule has 2 aromatic carbocycles. The number of aryl methyl sites for hydroxylation is 1. The average molecular weight is 493 g/mol. The Balaban J connectivity index is 1.70. The van der Waals surface area contributed by atoms with Crippen molar-refractivity contribution >= 4 is 23.4 Å². The molecule has 0 amide bonds. The first-order valence-corrected chi connectivity index (χ1v) is 11.9. The zero-order valence-corrected chi connectivity index (χ0v) is 20.3. The third kappa shape index (κ3) is 3.86. The van der Waals surface area contributed by atoms with Gasteiger partial charge in [0.05, 0.1) is 22.1 Å². The molecule has 0 aliphatic rings. The number of hydrogen-bond donors (Lipinski definition) is 0. The predicted molar refractivity (Wildman–Crippen MR) is 132 cm³/mol. The Bertz CT molecular complexity index is 1530. The minimum atomic E-state index is -0.182. The molecule has 0 bridgehead atoms. The highest BCUT2D eigenvalue weighted by molar-refractivity contribution is 7.98. The summed E-state index contributed by atoms with van der Waals surface area (Å²) < 4.78 is 10.4. The Morgan fingerprint density at radius 2 is 1.76 bits per heavy atom. The first kappa shape index (κ1) is 22.2. The third-order valence-electron chi connectivity index (χ3n) is 5.52. The molecular weight excluding hydrogens is 472 g/mol. The van der Waals surface area contributed by atoms with Crippen molar-refractivity contribution < 1.29 is 4.52 Å². The second-order valence-electron chi connectivity index (χ2n) is 7.75. The van der Waals surface area contributed by atoms with Crippen molar-refractivity contribution in [1.29, 1.82) is 0 Å². The van der Waals surface area contributed by atoms with E-state index in [9.17, 15) is 4.79 Å². The highest BCUT2D eigenvalue weighted by Crippen LogP contribution is 2.33. The Morgan fingerprint density at radius 1 is 1.03 bits per heavy atom. The molecule has 0 fully saturated rings. The molecule has 0 N–H and O–H groups in total. The van der Waals surface area contributed by atoms with Crippen molar-refractivity contribution in [3.05, 3.63) is 93.2 Å². The van der Waals surface area contributed by atoms with Crippen LogP contribution in [0.1, 0.15) is 17.1 Å². The van der Waals surface area contributed by atoms with E-state index in [0.717, 1.165) is 22.8 Å². The zero-order valence-electron chi connectivity index (χ0n) is 18.8. The lowest BCUT2D eigenvalue weighted by atomic mass is 10.2. The summed E-state index contributed by atoms with van der Waals surface area (Å²) in [5, 5.41) is 14.0. The number of para-hydroxylation sites is 1. The average Bonchev–Trinajstić information content (AvgIpc) is 3.50. The molecule has 5 aromatic rings. The molecule has 0 spiro atoms. The van der Waals surface area contributed by atoms with E-state index in [1.54, 1.807) is 15.3 Å². The third-order valence-corrected chi connectivity index (χ3v) is 6.81. The monoisotopic (exact) mass is 492 g/mol. The van der Waals surface area contributed by atoms with Gasteiger partial charge in [0.15, 0.2) is 11.0 Å². The fourth-order valence-electron chi connectivity index (χ4n) is 3.82. The van der Waals surface area contributed by atoms with Crippen LogP contribution >= 0.6 is 23.4 Å². The molecule has 5 rings (SSSR count). The van der Waals surface area contributed by atoms with Gasteiger partial charge in [0.25, 0.3) is 5.56 Å². The van der Waals surface area contributed by atoms with Crippen LogP contribution in [-0.2, 0) is 12.8 Å². The van der Waals surface area contributed by atoms with Gasteiger partial charge in [-0.25, -0.2) is 4.68 Å². The van der Waals surface area contributed by atoms with Gasteiger partial charge in [-0.1, -0.05) is 58.9 Å². The maximum Gasteiger partial charge on any atom is 0.296 e. The van der Waals surface area contributed by atoms with Crippen LogP contribution in [0.25, 0.3) is 22.8 Å². The fraction of sp³-hybridized carbons (Fsp3) is 0.167. The van der Waals surface area contributed by atoms with E-state index in [1.807, 2.05) is 80.2 Å². The lowest BCUT2D eigenvalue weighted by Crippen LogP contribution is -2.21. The van der Waals surface area contributed by atoms with Gasteiger partial charge in [-0.2, -0.15) is 0 Å². The van der Waals surface area contributed by atoms with Crippen LogP contribution in [0, 0.1) is 13.8 Å². The number of nitrogens with zero attached hydrogens (tertiary/aromatic N) is 6. The van der Waals surface area contributed by atoms with Crippen molar-refractivity contribution in [2.45, 2.75) is 24.8 Å². The summed E-state index contributed by atoms with van der Waals surface area (Å²) in [6.07, 6.45) is 0. The molecule has 3 heterocycles. The first-order chi connectivity index (χ1) is 16.5. The highest BCUT2D eigenvalue weighted by Gasteiger charge is 2.26. The minimum Gasteiger partial charge on any atom is -0.361 e. The van der Waals surface area contributed by atoms with Crippen LogP contribution in [0.4, 0.5) is 0 Å². The number of benzene rings is 2. The molecule has 0 aliphatic carbocycles. The number of halogens is 1. The Kier molecular flexibility index (Phi) is 5.89. The normalized spacial score (nSPS) is 11.3. The van der Waals surface area contributed by atoms with Crippen molar-refractivity contribution in [3.8, 4) is 22.8 Å². The maximum absolute atomic E-state index is 13.8. The van der Waals surface area contributed by atoms with Crippen LogP contribution in [0.15, 0.2) is 75.1 Å². The number of rotatable bonds is 6. The van der Waals surface area contributed by atoms with E-state index in [0.29, 0.717) is 33.0 Å². The molecule has 0 saturated heterocycles. The number of aromatic nitrogens is 6. The lowest BCUT2D eigenvalue weighted by molar-refractivity contribution is 0.393. The van der Waals surface area contributed by atoms with Crippen molar-refractivity contribution in [2.24, 2.45) is 7.05 Å². The SMILES string of the molecule is Cc1cc(CSc2nnc(-c3ccccc3Cl)n2-c2c(C)n(C)n(-c3ccccc3)c2=O)no1. The van der Waals surface area contributed by atoms with E-state index in [1.165, 1.54) is 11.8 Å². The number of thioether (sulfide) groups is 1. The van der Waals surface area contributed by atoms with Gasteiger partial charge in [0.2, 0.25) is 0 Å². The molecule has 10 heteroatoms. The smallest absolute Gasteiger partial charge is 0.296 e. The summed E-state index contributed by atoms with van der Waals surface area (Å²) in [6.45, 7) is 3.75. The highest BCUT2D eigenvalue weighted by atomic mass is 35.5. The van der Waals surface area contributed by atoms with Crippen LogP contribution in [0.5, 0.6) is 0 Å². The largest absolute Gasteiger partial charge is 0.361 e. The standard InChI is InChI=1S/C24H21ClN6O2S/c1-15-13-17(28-33-15)14-34-24-27-26-22(19-11-7-8-12-20(19)25)30(24)21-16(2)29(3)31(23(21)32)18-9-5-4-6-10-18/h4-13H,14H2,1-3H3. The van der Waals surface area contributed by atoms with E-state index in [-0.39, 0.29) is 5.56 Å². The molecular formula is C24H21ClN6O2S. The fourth-order valence-corrected chi connectivity index (χ4v) is 4.86. The predicted octanol–water partition coefficient (Wildman–Crippen LogP) is 4.97. The molecule has 3 aromatic heterocycles. The molecule has 172 valence electrons. The van der Waals surface area contributed by atoms with Gasteiger partial charge in [-0.3, -0.25) is 14.0 Å².